The average molecular weight is 328 g/mol. The predicted octanol–water partition coefficient (Wildman–Crippen LogP) is 3.26. The maximum Gasteiger partial charge on any atom is 0.266 e. The van der Waals surface area contributed by atoms with Gasteiger partial charge in [0.15, 0.2) is 0 Å². The summed E-state index contributed by atoms with van der Waals surface area (Å²) in [6, 6.07) is 13.2. The minimum absolute atomic E-state index is 0.203. The first kappa shape index (κ1) is 12.7. The molecular weight excluding hydrogens is 318 g/mol. The molecule has 2 aromatic heterocycles. The number of aromatic nitrogens is 3. The second-order valence-electron chi connectivity index (χ2n) is 4.18. The van der Waals surface area contributed by atoms with Gasteiger partial charge in [-0.1, -0.05) is 30.3 Å². The van der Waals surface area contributed by atoms with Crippen LogP contribution in [0.3, 0.4) is 0 Å². The molecule has 0 fully saturated rings. The number of nitrogens with one attached hydrogen (secondary N) is 1. The fraction of sp³-hybridized carbons (Fsp3) is 0. The normalized spacial score (nSPS) is 10.4. The highest BCUT2D eigenvalue weighted by Gasteiger charge is 2.11. The van der Waals surface area contributed by atoms with Gasteiger partial charge < -0.3 is 4.98 Å². The van der Waals surface area contributed by atoms with Crippen LogP contribution in [-0.4, -0.2) is 15.0 Å². The fourth-order valence-electron chi connectivity index (χ4n) is 1.89. The Morgan fingerprint density at radius 3 is 2.35 bits per heavy atom. The number of halogens is 1. The van der Waals surface area contributed by atoms with Crippen LogP contribution in [0, 0.1) is 0 Å². The highest BCUT2D eigenvalue weighted by atomic mass is 79.9. The molecule has 0 aliphatic heterocycles. The van der Waals surface area contributed by atoms with E-state index in [9.17, 15) is 4.79 Å². The molecule has 0 radical (unpaired) electrons. The van der Waals surface area contributed by atoms with E-state index in [4.69, 9.17) is 0 Å². The van der Waals surface area contributed by atoms with E-state index in [1.807, 2.05) is 30.3 Å². The highest BCUT2D eigenvalue weighted by molar-refractivity contribution is 9.10. The number of nitrogens with zero attached hydrogens (tertiary/aromatic N) is 2. The maximum atomic E-state index is 12.0. The molecule has 0 aliphatic carbocycles. The zero-order valence-corrected chi connectivity index (χ0v) is 12.0. The van der Waals surface area contributed by atoms with Crippen LogP contribution in [0.4, 0.5) is 0 Å². The van der Waals surface area contributed by atoms with Crippen molar-refractivity contribution in [3.05, 3.63) is 69.7 Å². The van der Waals surface area contributed by atoms with E-state index in [1.165, 1.54) is 0 Å². The summed E-state index contributed by atoms with van der Waals surface area (Å²) in [6.45, 7) is 0. The van der Waals surface area contributed by atoms with Gasteiger partial charge in [0.05, 0.1) is 5.69 Å². The van der Waals surface area contributed by atoms with Crippen molar-refractivity contribution in [3.8, 4) is 22.6 Å². The van der Waals surface area contributed by atoms with Crippen LogP contribution in [0.5, 0.6) is 0 Å². The molecule has 1 N–H and O–H groups in total. The molecule has 98 valence electrons. The van der Waals surface area contributed by atoms with Crippen LogP contribution in [0.2, 0.25) is 0 Å². The molecule has 4 nitrogen and oxygen atoms in total. The number of benzene rings is 1. The smallest absolute Gasteiger partial charge is 0.266 e. The van der Waals surface area contributed by atoms with Gasteiger partial charge in [-0.15, -0.1) is 0 Å². The van der Waals surface area contributed by atoms with Crippen molar-refractivity contribution in [1.29, 1.82) is 0 Å². The Labute approximate surface area is 123 Å². The molecule has 0 bridgehead atoms. The molecular formula is C15H10BrN3O. The summed E-state index contributed by atoms with van der Waals surface area (Å²) in [5, 5.41) is 0. The fourth-order valence-corrected chi connectivity index (χ4v) is 2.31. The number of H-pyrrole nitrogens is 1. The molecule has 0 aliphatic rings. The monoisotopic (exact) mass is 327 g/mol. The SMILES string of the molecule is O=c1[nH]c(-c2ccncc2)nc(-c2ccccc2)c1Br. The zero-order chi connectivity index (χ0) is 13.9. The Morgan fingerprint density at radius 1 is 0.950 bits per heavy atom. The van der Waals surface area contributed by atoms with E-state index in [1.54, 1.807) is 24.5 Å². The van der Waals surface area contributed by atoms with Crippen LogP contribution >= 0.6 is 15.9 Å². The third-order valence-electron chi connectivity index (χ3n) is 2.86. The molecule has 1 aromatic carbocycles. The molecule has 5 heteroatoms. The van der Waals surface area contributed by atoms with Gasteiger partial charge in [0, 0.05) is 23.5 Å². The van der Waals surface area contributed by atoms with Gasteiger partial charge in [0.1, 0.15) is 10.3 Å². The van der Waals surface area contributed by atoms with Crippen LogP contribution < -0.4 is 5.56 Å². The van der Waals surface area contributed by atoms with Crippen molar-refractivity contribution >= 4 is 15.9 Å². The zero-order valence-electron chi connectivity index (χ0n) is 10.4. The second-order valence-corrected chi connectivity index (χ2v) is 4.97. The summed E-state index contributed by atoms with van der Waals surface area (Å²) >= 11 is 3.31. The van der Waals surface area contributed by atoms with Gasteiger partial charge in [-0.2, -0.15) is 0 Å². The molecule has 0 amide bonds. The number of rotatable bonds is 2. The van der Waals surface area contributed by atoms with Crippen LogP contribution in [0.1, 0.15) is 0 Å². The van der Waals surface area contributed by atoms with Crippen LogP contribution in [0.25, 0.3) is 22.6 Å². The molecule has 3 rings (SSSR count). The van der Waals surface area contributed by atoms with E-state index in [-0.39, 0.29) is 5.56 Å². The quantitative estimate of drug-likeness (QED) is 0.785. The van der Waals surface area contributed by atoms with Gasteiger partial charge in [-0.05, 0) is 28.1 Å². The van der Waals surface area contributed by atoms with E-state index >= 15 is 0 Å². The van der Waals surface area contributed by atoms with Crippen molar-refractivity contribution in [2.75, 3.05) is 0 Å². The molecule has 0 atom stereocenters. The summed E-state index contributed by atoms with van der Waals surface area (Å²) in [5.41, 5.74) is 2.13. The molecule has 0 saturated carbocycles. The average Bonchev–Trinajstić information content (AvgIpc) is 2.51. The van der Waals surface area contributed by atoms with Gasteiger partial charge in [-0.25, -0.2) is 4.98 Å². The van der Waals surface area contributed by atoms with Crippen molar-refractivity contribution in [2.45, 2.75) is 0 Å². The second kappa shape index (κ2) is 5.38. The largest absolute Gasteiger partial charge is 0.306 e. The van der Waals surface area contributed by atoms with Crippen LogP contribution in [0.15, 0.2) is 64.1 Å². The Hall–Kier alpha value is -2.27. The minimum atomic E-state index is -0.203. The lowest BCUT2D eigenvalue weighted by Crippen LogP contribution is -2.11. The maximum absolute atomic E-state index is 12.0. The predicted molar refractivity (Wildman–Crippen MR) is 81.2 cm³/mol. The first-order valence-corrected chi connectivity index (χ1v) is 6.80. The summed E-state index contributed by atoms with van der Waals surface area (Å²) in [5.74, 6) is 0.527. The number of hydrogen-bond acceptors (Lipinski definition) is 3. The molecule has 0 unspecified atom stereocenters. The number of aromatic amines is 1. The molecule has 0 saturated heterocycles. The molecule has 0 spiro atoms. The summed E-state index contributed by atoms with van der Waals surface area (Å²) < 4.78 is 0.432. The van der Waals surface area contributed by atoms with Gasteiger partial charge in [0.2, 0.25) is 0 Å². The summed E-state index contributed by atoms with van der Waals surface area (Å²) in [7, 11) is 0. The highest BCUT2D eigenvalue weighted by Crippen LogP contribution is 2.25. The number of hydrogen-bond donors (Lipinski definition) is 1. The van der Waals surface area contributed by atoms with Crippen molar-refractivity contribution in [2.24, 2.45) is 0 Å². The van der Waals surface area contributed by atoms with E-state index < -0.39 is 0 Å². The molecule has 2 heterocycles. The van der Waals surface area contributed by atoms with E-state index in [0.717, 1.165) is 11.1 Å². The summed E-state index contributed by atoms with van der Waals surface area (Å²) in [6.07, 6.45) is 3.33. The Morgan fingerprint density at radius 2 is 1.65 bits per heavy atom. The Bertz CT molecular complexity index is 785. The first-order valence-electron chi connectivity index (χ1n) is 6.01. The standard InChI is InChI=1S/C15H10BrN3O/c16-12-13(10-4-2-1-3-5-10)18-14(19-15(12)20)11-6-8-17-9-7-11/h1-9H,(H,18,19,20). The van der Waals surface area contributed by atoms with Gasteiger partial charge >= 0.3 is 0 Å². The third kappa shape index (κ3) is 2.40. The van der Waals surface area contributed by atoms with Crippen molar-refractivity contribution in [3.63, 3.8) is 0 Å². The van der Waals surface area contributed by atoms with Crippen molar-refractivity contribution < 1.29 is 0 Å². The minimum Gasteiger partial charge on any atom is -0.306 e. The Kier molecular flexibility index (Phi) is 3.43. The van der Waals surface area contributed by atoms with Gasteiger partial charge in [0.25, 0.3) is 5.56 Å². The lowest BCUT2D eigenvalue weighted by atomic mass is 10.1. The van der Waals surface area contributed by atoms with Crippen LogP contribution in [-0.2, 0) is 0 Å². The van der Waals surface area contributed by atoms with Gasteiger partial charge in [-0.3, -0.25) is 9.78 Å². The third-order valence-corrected chi connectivity index (χ3v) is 3.60. The number of pyridine rings is 1. The first-order chi connectivity index (χ1) is 9.75. The molecule has 3 aromatic rings. The Balaban J connectivity index is 2.22. The molecule has 20 heavy (non-hydrogen) atoms. The van der Waals surface area contributed by atoms with E-state index in [2.05, 4.69) is 30.9 Å². The van der Waals surface area contributed by atoms with Crippen molar-refractivity contribution in [1.82, 2.24) is 15.0 Å². The van der Waals surface area contributed by atoms with E-state index in [0.29, 0.717) is 16.0 Å². The lowest BCUT2D eigenvalue weighted by molar-refractivity contribution is 1.11. The topological polar surface area (TPSA) is 58.6 Å². The summed E-state index contributed by atoms with van der Waals surface area (Å²) in [4.78, 5) is 23.3. The lowest BCUT2D eigenvalue weighted by Gasteiger charge is -2.06.